The van der Waals surface area contributed by atoms with Crippen molar-refractivity contribution in [2.24, 2.45) is 0 Å². The minimum atomic E-state index is -0.385. The first-order chi connectivity index (χ1) is 12.2. The number of nitrogens with one attached hydrogen (secondary N) is 1. The van der Waals surface area contributed by atoms with Crippen LogP contribution in [0.5, 0.6) is 0 Å². The number of hydrogen-bond donors (Lipinski definition) is 1. The van der Waals surface area contributed by atoms with Crippen LogP contribution < -0.4 is 5.32 Å². The van der Waals surface area contributed by atoms with Crippen molar-refractivity contribution in [1.82, 2.24) is 24.6 Å². The molecule has 4 rings (SSSR count). The van der Waals surface area contributed by atoms with Crippen molar-refractivity contribution in [3.05, 3.63) is 71.9 Å². The molecule has 1 amide bonds. The predicted molar refractivity (Wildman–Crippen MR) is 93.4 cm³/mol. The average Bonchev–Trinajstić information content (AvgIpc) is 3.06. The molecule has 3 aromatic heterocycles. The van der Waals surface area contributed by atoms with E-state index in [1.807, 2.05) is 18.2 Å². The first-order valence-electron chi connectivity index (χ1n) is 7.39. The molecule has 0 aliphatic heterocycles. The lowest BCUT2D eigenvalue weighted by molar-refractivity contribution is 0.102. The van der Waals surface area contributed by atoms with Gasteiger partial charge in [0, 0.05) is 23.0 Å². The van der Waals surface area contributed by atoms with Crippen molar-refractivity contribution < 1.29 is 4.79 Å². The van der Waals surface area contributed by atoms with Crippen LogP contribution in [0.3, 0.4) is 0 Å². The van der Waals surface area contributed by atoms with Gasteiger partial charge in [-0.3, -0.25) is 9.78 Å². The lowest BCUT2D eigenvalue weighted by Gasteiger charge is -2.06. The Morgan fingerprint density at radius 1 is 1.08 bits per heavy atom. The summed E-state index contributed by atoms with van der Waals surface area (Å²) < 4.78 is 1.65. The minimum absolute atomic E-state index is 0.213. The van der Waals surface area contributed by atoms with Gasteiger partial charge in [0.15, 0.2) is 11.5 Å². The number of aromatic nitrogens is 5. The summed E-state index contributed by atoms with van der Waals surface area (Å²) in [6.07, 6.45) is 6.06. The average molecular weight is 351 g/mol. The molecule has 122 valence electrons. The van der Waals surface area contributed by atoms with E-state index in [2.05, 4.69) is 25.4 Å². The van der Waals surface area contributed by atoms with Crippen LogP contribution in [0.4, 0.5) is 5.82 Å². The molecule has 8 heteroatoms. The zero-order valence-electron chi connectivity index (χ0n) is 12.8. The van der Waals surface area contributed by atoms with E-state index in [9.17, 15) is 4.79 Å². The van der Waals surface area contributed by atoms with Crippen molar-refractivity contribution in [2.75, 3.05) is 5.32 Å². The van der Waals surface area contributed by atoms with Gasteiger partial charge in [-0.15, -0.1) is 5.10 Å². The van der Waals surface area contributed by atoms with Gasteiger partial charge in [-0.1, -0.05) is 23.7 Å². The Hall–Kier alpha value is -3.32. The van der Waals surface area contributed by atoms with Crippen molar-refractivity contribution >= 4 is 29.0 Å². The van der Waals surface area contributed by atoms with E-state index in [-0.39, 0.29) is 11.6 Å². The third kappa shape index (κ3) is 3.05. The standard InChI is InChI=1S/C17H11ClN6O/c18-12-3-1-2-11(8-12)14-10-21-16-5-4-15(23-24(14)16)22-17(25)13-9-19-6-7-20-13/h1-10H,(H,22,23,25). The summed E-state index contributed by atoms with van der Waals surface area (Å²) in [7, 11) is 0. The Labute approximate surface area is 147 Å². The molecule has 25 heavy (non-hydrogen) atoms. The van der Waals surface area contributed by atoms with Gasteiger partial charge in [0.25, 0.3) is 5.91 Å². The molecule has 0 atom stereocenters. The SMILES string of the molecule is O=C(Nc1ccc2ncc(-c3cccc(Cl)c3)n2n1)c1cnccn1. The number of halogens is 1. The van der Waals surface area contributed by atoms with Crippen LogP contribution in [0.15, 0.2) is 61.2 Å². The summed E-state index contributed by atoms with van der Waals surface area (Å²) >= 11 is 6.06. The fourth-order valence-corrected chi connectivity index (χ4v) is 2.57. The van der Waals surface area contributed by atoms with Crippen molar-refractivity contribution in [3.8, 4) is 11.3 Å². The van der Waals surface area contributed by atoms with E-state index < -0.39 is 0 Å². The van der Waals surface area contributed by atoms with Crippen LogP contribution in [-0.4, -0.2) is 30.5 Å². The molecule has 3 heterocycles. The van der Waals surface area contributed by atoms with Gasteiger partial charge in [0.05, 0.1) is 18.1 Å². The van der Waals surface area contributed by atoms with E-state index in [1.54, 1.807) is 28.9 Å². The largest absolute Gasteiger partial charge is 0.304 e. The van der Waals surface area contributed by atoms with E-state index in [0.29, 0.717) is 16.5 Å². The first-order valence-corrected chi connectivity index (χ1v) is 7.76. The lowest BCUT2D eigenvalue weighted by atomic mass is 10.2. The molecule has 0 aliphatic carbocycles. The monoisotopic (exact) mass is 350 g/mol. The maximum absolute atomic E-state index is 12.2. The lowest BCUT2D eigenvalue weighted by Crippen LogP contribution is -2.15. The molecule has 7 nitrogen and oxygen atoms in total. The predicted octanol–water partition coefficient (Wildman–Crippen LogP) is 3.09. The molecule has 0 saturated heterocycles. The highest BCUT2D eigenvalue weighted by molar-refractivity contribution is 6.30. The second-order valence-electron chi connectivity index (χ2n) is 5.19. The zero-order chi connectivity index (χ0) is 17.2. The molecule has 1 N–H and O–H groups in total. The maximum atomic E-state index is 12.2. The molecule has 0 bridgehead atoms. The fraction of sp³-hybridized carbons (Fsp3) is 0. The smallest absolute Gasteiger partial charge is 0.277 e. The summed E-state index contributed by atoms with van der Waals surface area (Å²) in [6.45, 7) is 0. The molecule has 0 radical (unpaired) electrons. The first kappa shape index (κ1) is 15.2. The van der Waals surface area contributed by atoms with E-state index >= 15 is 0 Å². The third-order valence-corrected chi connectivity index (χ3v) is 3.76. The number of hydrogen-bond acceptors (Lipinski definition) is 5. The van der Waals surface area contributed by atoms with Crippen LogP contribution in [0.2, 0.25) is 5.02 Å². The van der Waals surface area contributed by atoms with E-state index in [4.69, 9.17) is 11.6 Å². The van der Waals surface area contributed by atoms with Crippen molar-refractivity contribution in [3.63, 3.8) is 0 Å². The molecular weight excluding hydrogens is 340 g/mol. The number of anilines is 1. The number of imidazole rings is 1. The number of amides is 1. The van der Waals surface area contributed by atoms with Crippen LogP contribution in [0.1, 0.15) is 10.5 Å². The Kier molecular flexibility index (Phi) is 3.83. The molecular formula is C17H11ClN6O. The number of carbonyl (C=O) groups is 1. The van der Waals surface area contributed by atoms with Gasteiger partial charge >= 0.3 is 0 Å². The quantitative estimate of drug-likeness (QED) is 0.613. The highest BCUT2D eigenvalue weighted by Gasteiger charge is 2.11. The highest BCUT2D eigenvalue weighted by atomic mass is 35.5. The van der Waals surface area contributed by atoms with Gasteiger partial charge < -0.3 is 5.32 Å². The van der Waals surface area contributed by atoms with E-state index in [0.717, 1.165) is 11.3 Å². The van der Waals surface area contributed by atoms with Crippen LogP contribution in [0.25, 0.3) is 16.9 Å². The Balaban J connectivity index is 1.70. The van der Waals surface area contributed by atoms with Gasteiger partial charge in [0.1, 0.15) is 5.69 Å². The second kappa shape index (κ2) is 6.29. The molecule has 1 aromatic carbocycles. The zero-order valence-corrected chi connectivity index (χ0v) is 13.6. The van der Waals surface area contributed by atoms with Crippen LogP contribution in [-0.2, 0) is 0 Å². The summed E-state index contributed by atoms with van der Waals surface area (Å²) in [4.78, 5) is 24.4. The van der Waals surface area contributed by atoms with Gasteiger partial charge in [-0.25, -0.2) is 14.5 Å². The number of rotatable bonds is 3. The Morgan fingerprint density at radius 2 is 2.00 bits per heavy atom. The van der Waals surface area contributed by atoms with E-state index in [1.165, 1.54) is 18.6 Å². The van der Waals surface area contributed by atoms with Gasteiger partial charge in [0.2, 0.25) is 0 Å². The number of carbonyl (C=O) groups excluding carboxylic acids is 1. The molecule has 4 aromatic rings. The maximum Gasteiger partial charge on any atom is 0.277 e. The van der Waals surface area contributed by atoms with Gasteiger partial charge in [-0.2, -0.15) is 0 Å². The second-order valence-corrected chi connectivity index (χ2v) is 5.62. The summed E-state index contributed by atoms with van der Waals surface area (Å²) in [5.74, 6) is -0.00574. The van der Waals surface area contributed by atoms with Crippen molar-refractivity contribution in [1.29, 1.82) is 0 Å². The number of fused-ring (bicyclic) bond motifs is 1. The fourth-order valence-electron chi connectivity index (χ4n) is 2.38. The molecule has 0 saturated carbocycles. The Morgan fingerprint density at radius 3 is 2.80 bits per heavy atom. The third-order valence-electron chi connectivity index (χ3n) is 3.52. The van der Waals surface area contributed by atoms with Gasteiger partial charge in [-0.05, 0) is 24.3 Å². The summed E-state index contributed by atoms with van der Waals surface area (Å²) in [6, 6.07) is 10.9. The molecule has 0 unspecified atom stereocenters. The Bertz CT molecular complexity index is 1060. The number of nitrogens with zero attached hydrogens (tertiary/aromatic N) is 5. The molecule has 0 fully saturated rings. The summed E-state index contributed by atoms with van der Waals surface area (Å²) in [5, 5.41) is 7.77. The minimum Gasteiger partial charge on any atom is -0.304 e. The summed E-state index contributed by atoms with van der Waals surface area (Å²) in [5.41, 5.74) is 2.52. The topological polar surface area (TPSA) is 85.1 Å². The van der Waals surface area contributed by atoms with Crippen LogP contribution in [0, 0.1) is 0 Å². The normalized spacial score (nSPS) is 10.8. The van der Waals surface area contributed by atoms with Crippen LogP contribution >= 0.6 is 11.6 Å². The molecule has 0 aliphatic rings. The highest BCUT2D eigenvalue weighted by Crippen LogP contribution is 2.23. The number of benzene rings is 1. The molecule has 0 spiro atoms. The van der Waals surface area contributed by atoms with Crippen molar-refractivity contribution in [2.45, 2.75) is 0 Å².